The smallest absolute Gasteiger partial charge is 0.394 e. The van der Waals surface area contributed by atoms with Crippen molar-refractivity contribution in [2.75, 3.05) is 26.3 Å². The highest BCUT2D eigenvalue weighted by Crippen LogP contribution is 2.35. The molecule has 0 saturated carbocycles. The number of phosphoric ester groups is 1. The molecule has 1 saturated heterocycles. The van der Waals surface area contributed by atoms with Gasteiger partial charge in [-0.05, 0) is 32.6 Å². The van der Waals surface area contributed by atoms with Crippen LogP contribution in [0.3, 0.4) is 0 Å². The summed E-state index contributed by atoms with van der Waals surface area (Å²) in [5.74, 6) is -6.85. The van der Waals surface area contributed by atoms with E-state index in [9.17, 15) is 58.1 Å². The number of nitrogens with two attached hydrogens (primary N) is 4. The van der Waals surface area contributed by atoms with E-state index in [4.69, 9.17) is 22.9 Å². The Labute approximate surface area is 280 Å². The number of guanidine groups is 1. The highest BCUT2D eigenvalue weighted by Gasteiger charge is 2.38. The molecule has 1 fully saturated rings. The van der Waals surface area contributed by atoms with Crippen LogP contribution in [0.1, 0.15) is 39.0 Å². The summed E-state index contributed by atoms with van der Waals surface area (Å²) in [6.45, 7) is -0.688. The maximum Gasteiger partial charge on any atom is 0.469 e. The van der Waals surface area contributed by atoms with Gasteiger partial charge in [0, 0.05) is 13.1 Å². The van der Waals surface area contributed by atoms with Crippen molar-refractivity contribution in [3.05, 3.63) is 0 Å². The number of nitrogens with zero attached hydrogens (tertiary/aromatic N) is 2. The Balaban J connectivity index is 3.28. The van der Waals surface area contributed by atoms with Crippen molar-refractivity contribution in [2.45, 2.75) is 81.4 Å². The molecule has 0 unspecified atom stereocenters. The van der Waals surface area contributed by atoms with Gasteiger partial charge in [0.05, 0.1) is 31.8 Å². The standard InChI is InChI=1S/C25H45N10O13P/c1-12(38)19(24(44)35-7-3-4-13(35)9-36)34-23(43)17(11-48-49(45,46)47)33-22(42)16(8-18(27)39)32-21(41)15(5-2-6-30-25(28)29)31-20(40)14(26)10-37/h9,12-17,19,37-38H,2-8,10-11,26H2,1H3,(H2,27,39)(H,31,40)(H,32,41)(H,33,42)(H,34,43)(H4,28,29,30)(H2,45,46,47)/t12-,13+,14+,15+,16+,17+,19+/m1/s1. The van der Waals surface area contributed by atoms with Crippen LogP contribution in [0.25, 0.3) is 0 Å². The predicted octanol–water partition coefficient (Wildman–Crippen LogP) is -7.15. The van der Waals surface area contributed by atoms with Crippen molar-refractivity contribution in [1.29, 1.82) is 0 Å². The molecule has 23 nitrogen and oxygen atoms in total. The van der Waals surface area contributed by atoms with Gasteiger partial charge in [-0.2, -0.15) is 0 Å². The first-order valence-corrected chi connectivity index (χ1v) is 16.4. The molecular formula is C25H45N10O13P. The second-order valence-corrected chi connectivity index (χ2v) is 12.2. The Morgan fingerprint density at radius 2 is 1.55 bits per heavy atom. The Kier molecular flexibility index (Phi) is 17.7. The molecule has 0 aliphatic carbocycles. The third kappa shape index (κ3) is 15.2. The van der Waals surface area contributed by atoms with E-state index < -0.39 is 105 Å². The Bertz CT molecular complexity index is 1280. The molecule has 1 rings (SSSR count). The first kappa shape index (κ1) is 42.8. The van der Waals surface area contributed by atoms with Crippen molar-refractivity contribution < 1.29 is 62.7 Å². The van der Waals surface area contributed by atoms with Crippen molar-refractivity contribution in [3.8, 4) is 0 Å². The van der Waals surface area contributed by atoms with Crippen LogP contribution in [-0.4, -0.2) is 141 Å². The minimum absolute atomic E-state index is 0.0130. The van der Waals surface area contributed by atoms with Gasteiger partial charge in [-0.25, -0.2) is 4.57 Å². The number of aliphatic imine (C=N–C) groups is 1. The molecule has 16 N–H and O–H groups in total. The number of primary amides is 1. The Morgan fingerprint density at radius 3 is 2.08 bits per heavy atom. The summed E-state index contributed by atoms with van der Waals surface area (Å²) >= 11 is 0. The van der Waals surface area contributed by atoms with Crippen LogP contribution in [-0.2, 0) is 42.7 Å². The lowest BCUT2D eigenvalue weighted by Crippen LogP contribution is -2.61. The van der Waals surface area contributed by atoms with Gasteiger partial charge >= 0.3 is 7.82 Å². The van der Waals surface area contributed by atoms with Gasteiger partial charge in [0.15, 0.2) is 5.96 Å². The molecule has 1 heterocycles. The highest BCUT2D eigenvalue weighted by atomic mass is 31.2. The molecule has 1 aliphatic rings. The number of aldehydes is 1. The normalized spacial score (nSPS) is 18.1. The zero-order chi connectivity index (χ0) is 37.5. The van der Waals surface area contributed by atoms with Crippen LogP contribution in [0.15, 0.2) is 4.99 Å². The number of aliphatic hydroxyl groups is 2. The van der Waals surface area contributed by atoms with E-state index in [0.29, 0.717) is 19.1 Å². The molecule has 1 aliphatic heterocycles. The summed E-state index contributed by atoms with van der Waals surface area (Å²) in [7, 11) is -5.26. The average molecular weight is 725 g/mol. The van der Waals surface area contributed by atoms with Crippen LogP contribution in [0.5, 0.6) is 0 Å². The summed E-state index contributed by atoms with van der Waals surface area (Å²) in [6, 6.07) is -9.24. The minimum atomic E-state index is -5.26. The Morgan fingerprint density at radius 1 is 0.980 bits per heavy atom. The number of likely N-dealkylation sites (tertiary alicyclic amines) is 1. The van der Waals surface area contributed by atoms with Crippen molar-refractivity contribution in [1.82, 2.24) is 26.2 Å². The maximum atomic E-state index is 13.3. The predicted molar refractivity (Wildman–Crippen MR) is 167 cm³/mol. The molecule has 0 radical (unpaired) electrons. The van der Waals surface area contributed by atoms with Gasteiger partial charge in [-0.1, -0.05) is 0 Å². The third-order valence-electron chi connectivity index (χ3n) is 6.98. The zero-order valence-corrected chi connectivity index (χ0v) is 27.5. The molecule has 0 spiro atoms. The van der Waals surface area contributed by atoms with Crippen molar-refractivity contribution >= 4 is 55.5 Å². The van der Waals surface area contributed by atoms with Gasteiger partial charge in [0.1, 0.15) is 36.5 Å². The number of amides is 6. The quantitative estimate of drug-likeness (QED) is 0.0172. The summed E-state index contributed by atoms with van der Waals surface area (Å²) < 4.78 is 15.8. The first-order valence-electron chi connectivity index (χ1n) is 14.9. The number of hydrogen-bond donors (Lipinski definition) is 12. The molecular weight excluding hydrogens is 679 g/mol. The van der Waals surface area contributed by atoms with E-state index in [1.165, 1.54) is 0 Å². The summed E-state index contributed by atoms with van der Waals surface area (Å²) in [5.41, 5.74) is 21.3. The monoisotopic (exact) mass is 724 g/mol. The largest absolute Gasteiger partial charge is 0.469 e. The van der Waals surface area contributed by atoms with Gasteiger partial charge in [0.25, 0.3) is 0 Å². The zero-order valence-electron chi connectivity index (χ0n) is 26.6. The number of phosphoric acid groups is 1. The van der Waals surface area contributed by atoms with Crippen molar-refractivity contribution in [3.63, 3.8) is 0 Å². The van der Waals surface area contributed by atoms with E-state index in [1.54, 1.807) is 0 Å². The number of carbonyl (C=O) groups excluding carboxylic acids is 7. The summed E-state index contributed by atoms with van der Waals surface area (Å²) in [4.78, 5) is 112. The summed E-state index contributed by atoms with van der Waals surface area (Å²) in [5, 5.41) is 28.1. The second kappa shape index (κ2) is 20.3. The third-order valence-corrected chi connectivity index (χ3v) is 7.46. The van der Waals surface area contributed by atoms with Gasteiger partial charge in [0.2, 0.25) is 35.4 Å². The highest BCUT2D eigenvalue weighted by molar-refractivity contribution is 7.46. The van der Waals surface area contributed by atoms with Crippen molar-refractivity contribution in [2.24, 2.45) is 27.9 Å². The van der Waals surface area contributed by atoms with Crippen LogP contribution in [0, 0.1) is 0 Å². The lowest BCUT2D eigenvalue weighted by molar-refractivity contribution is -0.142. The molecule has 0 aromatic heterocycles. The molecule has 0 aromatic carbocycles. The van der Waals surface area contributed by atoms with Gasteiger partial charge < -0.3 is 73.9 Å². The number of aliphatic hydroxyl groups excluding tert-OH is 2. The van der Waals surface area contributed by atoms with E-state index in [-0.39, 0.29) is 31.9 Å². The Hall–Kier alpha value is -4.25. The minimum Gasteiger partial charge on any atom is -0.394 e. The van der Waals surface area contributed by atoms with Crippen LogP contribution in [0.4, 0.5) is 0 Å². The number of rotatable bonds is 21. The number of carbonyl (C=O) groups is 7. The van der Waals surface area contributed by atoms with Crippen LogP contribution < -0.4 is 44.2 Å². The maximum absolute atomic E-state index is 13.3. The fraction of sp³-hybridized carbons (Fsp3) is 0.680. The molecule has 7 atom stereocenters. The molecule has 0 aromatic rings. The second-order valence-electron chi connectivity index (χ2n) is 11.0. The van der Waals surface area contributed by atoms with E-state index in [0.717, 1.165) is 11.8 Å². The van der Waals surface area contributed by atoms with Crippen LogP contribution in [0.2, 0.25) is 0 Å². The lowest BCUT2D eigenvalue weighted by atomic mass is 10.1. The topological polar surface area (TPSA) is 395 Å². The molecule has 24 heteroatoms. The first-order chi connectivity index (χ1) is 22.8. The van der Waals surface area contributed by atoms with Crippen LogP contribution >= 0.6 is 7.82 Å². The molecule has 49 heavy (non-hydrogen) atoms. The lowest BCUT2D eigenvalue weighted by Gasteiger charge is -2.30. The number of hydrogen-bond acceptors (Lipinski definition) is 13. The van der Waals surface area contributed by atoms with Gasteiger partial charge in [-0.15, -0.1) is 0 Å². The van der Waals surface area contributed by atoms with Gasteiger partial charge in [-0.3, -0.25) is 38.3 Å². The SMILES string of the molecule is C[C@@H](O)[C@H](NC(=O)[C@H](COP(=O)(O)O)NC(=O)[C@H](CC(N)=O)NC(=O)[C@H](CCCN=C(N)N)NC(=O)[C@@H](N)CO)C(=O)N1CCC[C@H]1C=O. The fourth-order valence-corrected chi connectivity index (χ4v) is 4.82. The van der Waals surface area contributed by atoms with E-state index in [2.05, 4.69) is 30.8 Å². The average Bonchev–Trinajstić information content (AvgIpc) is 3.50. The summed E-state index contributed by atoms with van der Waals surface area (Å²) in [6.07, 6.45) is -1.14. The van der Waals surface area contributed by atoms with E-state index in [1.807, 2.05) is 0 Å². The molecule has 6 amide bonds. The number of nitrogens with one attached hydrogen (secondary N) is 4. The van der Waals surface area contributed by atoms with E-state index >= 15 is 0 Å². The molecule has 278 valence electrons. The molecule has 0 bridgehead atoms. The fourth-order valence-electron chi connectivity index (χ4n) is 4.47.